The van der Waals surface area contributed by atoms with Crippen LogP contribution in [-0.4, -0.2) is 10.3 Å². The molecule has 0 saturated carbocycles. The molecule has 0 saturated heterocycles. The summed E-state index contributed by atoms with van der Waals surface area (Å²) in [5.41, 5.74) is 1.43. The zero-order valence-corrected chi connectivity index (χ0v) is 14.9. The molecule has 2 aromatic carbocycles. The van der Waals surface area contributed by atoms with E-state index in [1.54, 1.807) is 31.2 Å². The van der Waals surface area contributed by atoms with Crippen molar-refractivity contribution >= 4 is 43.8 Å². The Bertz CT molecular complexity index is 862. The number of halogens is 7. The molecule has 0 aliphatic carbocycles. The van der Waals surface area contributed by atoms with E-state index < -0.39 is 15.1 Å². The van der Waals surface area contributed by atoms with Crippen LogP contribution in [0.15, 0.2) is 63.6 Å². The lowest BCUT2D eigenvalue weighted by molar-refractivity contribution is 0.364. The third kappa shape index (κ3) is 5.17. The number of hydrogen-bond donors (Lipinski definition) is 0. The van der Waals surface area contributed by atoms with E-state index in [2.05, 4.69) is 10.2 Å². The maximum Gasteiger partial charge on any atom is 0.310 e. The lowest BCUT2D eigenvalue weighted by atomic mass is 10.1. The first-order valence-electron chi connectivity index (χ1n) is 6.65. The molecule has 0 unspecified atom stereocenters. The van der Waals surface area contributed by atoms with Crippen LogP contribution in [0.4, 0.5) is 19.4 Å². The van der Waals surface area contributed by atoms with Gasteiger partial charge in [0.25, 0.3) is 0 Å². The van der Waals surface area contributed by atoms with E-state index in [1.807, 2.05) is 0 Å². The second-order valence-electron chi connectivity index (χ2n) is 5.09. The van der Waals surface area contributed by atoms with Crippen LogP contribution >= 0.6 is 33.4 Å². The smallest absolute Gasteiger partial charge is 0.136 e. The molecule has 0 heterocycles. The Hall–Kier alpha value is -1.64. The van der Waals surface area contributed by atoms with Crippen molar-refractivity contribution < 1.29 is 19.4 Å². The highest BCUT2D eigenvalue weighted by molar-refractivity contribution is 8.45. The molecule has 0 atom stereocenters. The van der Waals surface area contributed by atoms with Crippen molar-refractivity contribution in [2.24, 2.45) is 10.2 Å². The SMILES string of the molecule is Cc1ccccc1/C(Cl)=N/N=C(\Cl)c1ccc(S(F)(F)(F)(F)F)cc1. The van der Waals surface area contributed by atoms with E-state index in [9.17, 15) is 19.4 Å². The minimum absolute atomic E-state index is 0.00901. The molecule has 136 valence electrons. The molecule has 0 radical (unpaired) electrons. The van der Waals surface area contributed by atoms with Crippen molar-refractivity contribution in [2.45, 2.75) is 11.8 Å². The van der Waals surface area contributed by atoms with Gasteiger partial charge < -0.3 is 0 Å². The first kappa shape index (κ1) is 19.7. The number of aryl methyl sites for hydroxylation is 1. The Morgan fingerprint density at radius 3 is 1.84 bits per heavy atom. The molecule has 2 nitrogen and oxygen atoms in total. The van der Waals surface area contributed by atoms with Gasteiger partial charge in [0.1, 0.15) is 4.90 Å². The van der Waals surface area contributed by atoms with Crippen molar-refractivity contribution in [1.82, 2.24) is 0 Å². The lowest BCUT2D eigenvalue weighted by Crippen LogP contribution is -2.06. The molecule has 0 bridgehead atoms. The van der Waals surface area contributed by atoms with Gasteiger partial charge in [-0.25, -0.2) is 0 Å². The maximum absolute atomic E-state index is 12.7. The number of rotatable bonds is 4. The van der Waals surface area contributed by atoms with Crippen LogP contribution in [0.1, 0.15) is 16.7 Å². The third-order valence-electron chi connectivity index (χ3n) is 3.13. The first-order valence-corrected chi connectivity index (χ1v) is 9.36. The van der Waals surface area contributed by atoms with Gasteiger partial charge in [-0.2, -0.15) is 0 Å². The van der Waals surface area contributed by atoms with Crippen LogP contribution in [-0.2, 0) is 0 Å². The summed E-state index contributed by atoms with van der Waals surface area (Å²) in [6.07, 6.45) is 0. The van der Waals surface area contributed by atoms with Gasteiger partial charge in [-0.15, -0.1) is 10.2 Å². The largest absolute Gasteiger partial charge is 0.310 e. The average molecular weight is 417 g/mol. The third-order valence-corrected chi connectivity index (χ3v) is 4.87. The number of nitrogens with zero attached hydrogens (tertiary/aromatic N) is 2. The molecule has 0 aromatic heterocycles. The molecule has 25 heavy (non-hydrogen) atoms. The van der Waals surface area contributed by atoms with E-state index in [0.29, 0.717) is 5.56 Å². The molecule has 0 aliphatic heterocycles. The zero-order valence-electron chi connectivity index (χ0n) is 12.6. The van der Waals surface area contributed by atoms with Gasteiger partial charge in [-0.05, 0) is 24.6 Å². The summed E-state index contributed by atoms with van der Waals surface area (Å²) < 4.78 is 63.3. The molecule has 0 spiro atoms. The van der Waals surface area contributed by atoms with E-state index >= 15 is 0 Å². The molecule has 2 rings (SSSR count). The van der Waals surface area contributed by atoms with E-state index in [0.717, 1.165) is 17.7 Å². The molecule has 2 aromatic rings. The van der Waals surface area contributed by atoms with Crippen molar-refractivity contribution in [3.05, 3.63) is 65.2 Å². The highest BCUT2D eigenvalue weighted by Crippen LogP contribution is 3.02. The molecule has 10 heteroatoms. The minimum Gasteiger partial charge on any atom is -0.136 e. The minimum atomic E-state index is -9.72. The molecular formula is C15H11Cl2F5N2S. The topological polar surface area (TPSA) is 24.7 Å². The molecular weight excluding hydrogens is 406 g/mol. The van der Waals surface area contributed by atoms with Gasteiger partial charge in [0.05, 0.1) is 0 Å². The van der Waals surface area contributed by atoms with Gasteiger partial charge in [0.15, 0.2) is 10.3 Å². The summed E-state index contributed by atoms with van der Waals surface area (Å²) in [7, 11) is -9.72. The van der Waals surface area contributed by atoms with Crippen LogP contribution in [0.25, 0.3) is 0 Å². The fraction of sp³-hybridized carbons (Fsp3) is 0.0667. The molecule has 0 N–H and O–H groups in total. The Labute approximate surface area is 150 Å². The van der Waals surface area contributed by atoms with Crippen LogP contribution in [0.3, 0.4) is 0 Å². The predicted molar refractivity (Wildman–Crippen MR) is 93.8 cm³/mol. The van der Waals surface area contributed by atoms with Crippen LogP contribution in [0.2, 0.25) is 0 Å². The Morgan fingerprint density at radius 1 is 0.800 bits per heavy atom. The average Bonchev–Trinajstić information content (AvgIpc) is 2.50. The van der Waals surface area contributed by atoms with Gasteiger partial charge in [-0.1, -0.05) is 79.0 Å². The Balaban J connectivity index is 2.30. The fourth-order valence-electron chi connectivity index (χ4n) is 1.85. The summed E-state index contributed by atoms with van der Waals surface area (Å²) in [5.74, 6) is 0. The number of benzene rings is 2. The predicted octanol–water partition coefficient (Wildman–Crippen LogP) is 7.24. The Morgan fingerprint density at radius 2 is 1.32 bits per heavy atom. The lowest BCUT2D eigenvalue weighted by Gasteiger charge is -2.40. The normalized spacial score (nSPS) is 16.3. The van der Waals surface area contributed by atoms with Gasteiger partial charge in [0, 0.05) is 11.1 Å². The van der Waals surface area contributed by atoms with Gasteiger partial charge in [0.2, 0.25) is 0 Å². The summed E-state index contributed by atoms with van der Waals surface area (Å²) >= 11 is 11.8. The Kier molecular flexibility index (Phi) is 4.69. The quantitative estimate of drug-likeness (QED) is 0.285. The summed E-state index contributed by atoms with van der Waals surface area (Å²) in [6, 6.07) is 9.13. The second kappa shape index (κ2) is 5.96. The van der Waals surface area contributed by atoms with E-state index in [1.165, 1.54) is 0 Å². The van der Waals surface area contributed by atoms with Crippen molar-refractivity contribution in [1.29, 1.82) is 0 Å². The molecule has 0 aliphatic rings. The van der Waals surface area contributed by atoms with Gasteiger partial charge in [-0.3, -0.25) is 0 Å². The summed E-state index contributed by atoms with van der Waals surface area (Å²) in [5, 5.41) is 7.06. The van der Waals surface area contributed by atoms with Crippen LogP contribution in [0.5, 0.6) is 0 Å². The van der Waals surface area contributed by atoms with Crippen molar-refractivity contribution in [3.8, 4) is 0 Å². The number of hydrogen-bond acceptors (Lipinski definition) is 2. The van der Waals surface area contributed by atoms with Crippen molar-refractivity contribution in [2.75, 3.05) is 0 Å². The highest BCUT2D eigenvalue weighted by Gasteiger charge is 2.65. The molecule has 0 fully saturated rings. The van der Waals surface area contributed by atoms with Crippen molar-refractivity contribution in [3.63, 3.8) is 0 Å². The van der Waals surface area contributed by atoms with Crippen LogP contribution in [0, 0.1) is 6.92 Å². The second-order valence-corrected chi connectivity index (χ2v) is 8.22. The van der Waals surface area contributed by atoms with E-state index in [4.69, 9.17) is 23.2 Å². The summed E-state index contributed by atoms with van der Waals surface area (Å²) in [6.45, 7) is 1.80. The van der Waals surface area contributed by atoms with Gasteiger partial charge >= 0.3 is 10.2 Å². The monoisotopic (exact) mass is 416 g/mol. The highest BCUT2D eigenvalue weighted by atomic mass is 35.5. The summed E-state index contributed by atoms with van der Waals surface area (Å²) in [4.78, 5) is -2.00. The van der Waals surface area contributed by atoms with Crippen LogP contribution < -0.4 is 0 Å². The fourth-order valence-corrected chi connectivity index (χ4v) is 2.92. The maximum atomic E-state index is 12.7. The van der Waals surface area contributed by atoms with E-state index in [-0.39, 0.29) is 28.0 Å². The first-order chi connectivity index (χ1) is 11.3. The zero-order chi connectivity index (χ0) is 18.9. The standard InChI is InChI=1S/C15H11Cl2F5N2S/c1-10-4-2-3-5-13(10)15(17)24-23-14(16)11-6-8-12(9-7-11)25(18,19,20,21)22/h2-9H,1H3/b23-14-,24-15-. The molecule has 0 amide bonds.